The predicted molar refractivity (Wildman–Crippen MR) is 205 cm³/mol. The third-order valence-corrected chi connectivity index (χ3v) is 11.0. The first-order valence-electron chi connectivity index (χ1n) is 17.7. The molecule has 0 aliphatic heterocycles. The van der Waals surface area contributed by atoms with Crippen LogP contribution >= 0.6 is 0 Å². The van der Waals surface area contributed by atoms with Crippen LogP contribution < -0.4 is 17.1 Å². The van der Waals surface area contributed by atoms with E-state index in [0.29, 0.717) is 0 Å². The highest BCUT2D eigenvalue weighted by Gasteiger charge is 2.26. The van der Waals surface area contributed by atoms with Gasteiger partial charge in [-0.1, -0.05) is 77.9 Å². The Hall–Kier alpha value is -4.05. The topological polar surface area (TPSA) is 127 Å². The van der Waals surface area contributed by atoms with Crippen molar-refractivity contribution in [1.29, 1.82) is 0 Å². The molecule has 0 aliphatic rings. The lowest BCUT2D eigenvalue weighted by atomic mass is 9.82. The first-order chi connectivity index (χ1) is 23.6. The molecule has 0 saturated carbocycles. The average molecular weight is 700 g/mol. The number of nitrogens with zero attached hydrogens (tertiary/aromatic N) is 3. The van der Waals surface area contributed by atoms with Gasteiger partial charge in [-0.05, 0) is 108 Å². The molecule has 4 rings (SSSR count). The molecule has 0 aliphatic carbocycles. The van der Waals surface area contributed by atoms with E-state index in [4.69, 9.17) is 0 Å². The van der Waals surface area contributed by atoms with Gasteiger partial charge in [0.2, 0.25) is 0 Å². The van der Waals surface area contributed by atoms with E-state index < -0.39 is 33.3 Å². The van der Waals surface area contributed by atoms with Crippen molar-refractivity contribution in [3.63, 3.8) is 0 Å². The summed E-state index contributed by atoms with van der Waals surface area (Å²) in [6.07, 6.45) is 0. The number of aromatic nitrogens is 3. The third kappa shape index (κ3) is 7.76. The van der Waals surface area contributed by atoms with E-state index in [1.807, 2.05) is 119 Å². The van der Waals surface area contributed by atoms with Crippen LogP contribution in [0.1, 0.15) is 108 Å². The van der Waals surface area contributed by atoms with Crippen molar-refractivity contribution >= 4 is 0 Å². The fraction of sp³-hybridized carbons (Fsp3) is 0.500. The van der Waals surface area contributed by atoms with Crippen molar-refractivity contribution in [3.8, 4) is 0 Å². The van der Waals surface area contributed by atoms with Crippen LogP contribution in [-0.4, -0.2) is 48.8 Å². The first kappa shape index (κ1) is 39.7. The SMILES string of the molecule is Cc1cc(C(C)(C)CO)cc(C)c1Cn1c(=O)n(Cc2c(C)cc(C(C)(C)CO)cc2C)c(=O)n(Cc2c(C)cc(C(C)(C)CO)cc2C)c1=O. The minimum atomic E-state index is -0.688. The largest absolute Gasteiger partial charge is 0.395 e. The quantitative estimate of drug-likeness (QED) is 0.192. The zero-order chi connectivity index (χ0) is 38.4. The molecule has 0 spiro atoms. The highest BCUT2D eigenvalue weighted by molar-refractivity contribution is 5.43. The van der Waals surface area contributed by atoms with Gasteiger partial charge in [-0.2, -0.15) is 0 Å². The Bertz CT molecular complexity index is 1800. The summed E-state index contributed by atoms with van der Waals surface area (Å²) < 4.78 is 3.49. The van der Waals surface area contributed by atoms with Crippen molar-refractivity contribution < 1.29 is 15.3 Å². The van der Waals surface area contributed by atoms with Crippen molar-refractivity contribution in [1.82, 2.24) is 13.7 Å². The summed E-state index contributed by atoms with van der Waals surface area (Å²) in [4.78, 5) is 43.1. The van der Waals surface area contributed by atoms with E-state index in [1.165, 1.54) is 0 Å². The molecule has 1 aromatic heterocycles. The lowest BCUT2D eigenvalue weighted by Crippen LogP contribution is -2.55. The summed E-state index contributed by atoms with van der Waals surface area (Å²) in [5.74, 6) is 0. The van der Waals surface area contributed by atoms with Gasteiger partial charge in [-0.25, -0.2) is 28.1 Å². The molecule has 0 saturated heterocycles. The Labute approximate surface area is 301 Å². The zero-order valence-corrected chi connectivity index (χ0v) is 32.6. The summed E-state index contributed by atoms with van der Waals surface area (Å²) in [5, 5.41) is 30.0. The molecule has 9 nitrogen and oxygen atoms in total. The third-order valence-electron chi connectivity index (χ3n) is 11.0. The van der Waals surface area contributed by atoms with Gasteiger partial charge in [-0.15, -0.1) is 0 Å². The Morgan fingerprint density at radius 3 is 0.745 bits per heavy atom. The van der Waals surface area contributed by atoms with Gasteiger partial charge in [0.15, 0.2) is 0 Å². The molecule has 3 aromatic carbocycles. The summed E-state index contributed by atoms with van der Waals surface area (Å²) in [6.45, 7) is 23.2. The highest BCUT2D eigenvalue weighted by Crippen LogP contribution is 2.30. The maximum atomic E-state index is 14.4. The second kappa shape index (κ2) is 14.5. The normalized spacial score (nSPS) is 12.5. The first-order valence-corrected chi connectivity index (χ1v) is 17.7. The van der Waals surface area contributed by atoms with Crippen molar-refractivity contribution in [2.45, 2.75) is 119 Å². The predicted octanol–water partition coefficient (Wildman–Crippen LogP) is 4.98. The van der Waals surface area contributed by atoms with Crippen LogP contribution in [0.3, 0.4) is 0 Å². The molecule has 0 bridgehead atoms. The zero-order valence-electron chi connectivity index (χ0n) is 32.6. The van der Waals surface area contributed by atoms with Gasteiger partial charge in [0.1, 0.15) is 0 Å². The number of aliphatic hydroxyl groups is 3. The molecule has 0 radical (unpaired) electrons. The molecule has 51 heavy (non-hydrogen) atoms. The molecular weight excluding hydrogens is 642 g/mol. The van der Waals surface area contributed by atoms with E-state index in [0.717, 1.165) is 80.5 Å². The maximum Gasteiger partial charge on any atom is 0.336 e. The monoisotopic (exact) mass is 699 g/mol. The smallest absolute Gasteiger partial charge is 0.336 e. The lowest BCUT2D eigenvalue weighted by Gasteiger charge is -2.26. The molecule has 1 heterocycles. The Balaban J connectivity index is 1.97. The maximum absolute atomic E-state index is 14.4. The van der Waals surface area contributed by atoms with Gasteiger partial charge in [0.05, 0.1) is 39.5 Å². The van der Waals surface area contributed by atoms with Crippen LogP contribution in [0.4, 0.5) is 0 Å². The van der Waals surface area contributed by atoms with E-state index in [-0.39, 0.29) is 39.5 Å². The van der Waals surface area contributed by atoms with E-state index in [9.17, 15) is 29.7 Å². The van der Waals surface area contributed by atoms with Crippen LogP contribution in [0.25, 0.3) is 0 Å². The summed E-state index contributed by atoms with van der Waals surface area (Å²) in [6, 6.07) is 11.9. The van der Waals surface area contributed by atoms with E-state index >= 15 is 0 Å². The second-order valence-electron chi connectivity index (χ2n) is 16.5. The fourth-order valence-corrected chi connectivity index (χ4v) is 6.74. The van der Waals surface area contributed by atoms with Crippen molar-refractivity contribution in [3.05, 3.63) is 135 Å². The van der Waals surface area contributed by atoms with Crippen molar-refractivity contribution in [2.75, 3.05) is 19.8 Å². The minimum absolute atomic E-state index is 0.0291. The van der Waals surface area contributed by atoms with E-state index in [1.54, 1.807) is 0 Å². The average Bonchev–Trinajstić information content (AvgIpc) is 3.05. The molecular formula is C42H57N3O6. The van der Waals surface area contributed by atoms with E-state index in [2.05, 4.69) is 0 Å². The molecule has 0 fully saturated rings. The number of hydrogen-bond acceptors (Lipinski definition) is 6. The molecule has 0 atom stereocenters. The van der Waals surface area contributed by atoms with Gasteiger partial charge in [0.25, 0.3) is 0 Å². The van der Waals surface area contributed by atoms with Gasteiger partial charge in [-0.3, -0.25) is 0 Å². The number of aliphatic hydroxyl groups excluding tert-OH is 3. The Kier molecular flexibility index (Phi) is 11.3. The molecule has 9 heteroatoms. The van der Waals surface area contributed by atoms with Crippen LogP contribution in [-0.2, 0) is 35.9 Å². The van der Waals surface area contributed by atoms with Gasteiger partial charge in [0, 0.05) is 16.2 Å². The lowest BCUT2D eigenvalue weighted by molar-refractivity contribution is 0.218. The number of hydrogen-bond donors (Lipinski definition) is 3. The highest BCUT2D eigenvalue weighted by atomic mass is 16.3. The van der Waals surface area contributed by atoms with Crippen LogP contribution in [0.5, 0.6) is 0 Å². The van der Waals surface area contributed by atoms with Crippen LogP contribution in [0.15, 0.2) is 50.8 Å². The van der Waals surface area contributed by atoms with Gasteiger partial charge < -0.3 is 15.3 Å². The molecule has 276 valence electrons. The number of benzene rings is 3. The molecule has 3 N–H and O–H groups in total. The Morgan fingerprint density at radius 1 is 0.412 bits per heavy atom. The number of aryl methyl sites for hydroxylation is 6. The molecule has 4 aromatic rings. The molecule has 0 amide bonds. The summed E-state index contributed by atoms with van der Waals surface area (Å²) in [7, 11) is 0. The molecule has 0 unspecified atom stereocenters. The summed E-state index contributed by atoms with van der Waals surface area (Å²) in [5.41, 5.74) is 7.06. The number of rotatable bonds is 12. The van der Waals surface area contributed by atoms with Crippen LogP contribution in [0, 0.1) is 41.5 Å². The standard InChI is InChI=1S/C42H57N3O6/c1-25-13-31(40(7,8)22-46)14-26(2)34(25)19-43-37(49)44(20-35-27(3)15-32(16-28(35)4)41(9,10)23-47)39(51)45(38(43)50)21-36-29(5)17-33(18-30(36)6)42(11,12)24-48/h13-18,46-48H,19-24H2,1-12H3. The summed E-state index contributed by atoms with van der Waals surface area (Å²) >= 11 is 0. The van der Waals surface area contributed by atoms with Gasteiger partial charge >= 0.3 is 17.1 Å². The Morgan fingerprint density at radius 2 is 0.588 bits per heavy atom. The second-order valence-corrected chi connectivity index (χ2v) is 16.5. The van der Waals surface area contributed by atoms with Crippen LogP contribution in [0.2, 0.25) is 0 Å². The fourth-order valence-electron chi connectivity index (χ4n) is 6.74. The minimum Gasteiger partial charge on any atom is -0.395 e. The van der Waals surface area contributed by atoms with Crippen molar-refractivity contribution in [2.24, 2.45) is 0 Å².